The van der Waals surface area contributed by atoms with Crippen molar-refractivity contribution < 1.29 is 9.59 Å². The minimum atomic E-state index is -0.292. The fraction of sp³-hybridized carbons (Fsp3) is 0.429. The summed E-state index contributed by atoms with van der Waals surface area (Å²) in [4.78, 5) is 25.6. The highest BCUT2D eigenvalue weighted by Crippen LogP contribution is 2.32. The third-order valence-electron chi connectivity index (χ3n) is 3.29. The van der Waals surface area contributed by atoms with E-state index in [0.29, 0.717) is 0 Å². The number of nitrogens with zero attached hydrogens (tertiary/aromatic N) is 1. The lowest BCUT2D eigenvalue weighted by atomic mass is 9.99. The van der Waals surface area contributed by atoms with Gasteiger partial charge in [0.15, 0.2) is 0 Å². The molecule has 2 amide bonds. The van der Waals surface area contributed by atoms with Crippen LogP contribution < -0.4 is 15.5 Å². The predicted octanol–water partition coefficient (Wildman–Crippen LogP) is 1.22. The van der Waals surface area contributed by atoms with Gasteiger partial charge in [-0.3, -0.25) is 14.5 Å². The number of fused-ring (bicyclic) bond motifs is 1. The number of benzene rings is 1. The number of anilines is 2. The molecule has 1 heterocycles. The molecular formula is C14H19N3O2. The number of hydrogen-bond acceptors (Lipinski definition) is 3. The Morgan fingerprint density at radius 3 is 2.74 bits per heavy atom. The van der Waals surface area contributed by atoms with Gasteiger partial charge in [0.25, 0.3) is 0 Å². The first kappa shape index (κ1) is 13.4. The Hall–Kier alpha value is -2.04. The molecule has 0 saturated carbocycles. The van der Waals surface area contributed by atoms with E-state index in [1.165, 1.54) is 0 Å². The fourth-order valence-corrected chi connectivity index (χ4v) is 2.18. The minimum absolute atomic E-state index is 0.0528. The zero-order valence-corrected chi connectivity index (χ0v) is 11.4. The summed E-state index contributed by atoms with van der Waals surface area (Å²) >= 11 is 0. The molecule has 0 aromatic heterocycles. The zero-order chi connectivity index (χ0) is 14.0. The first-order valence-electron chi connectivity index (χ1n) is 6.42. The van der Waals surface area contributed by atoms with E-state index < -0.39 is 0 Å². The second-order valence-corrected chi connectivity index (χ2v) is 4.98. The molecule has 0 bridgehead atoms. The van der Waals surface area contributed by atoms with Crippen molar-refractivity contribution in [1.82, 2.24) is 5.32 Å². The largest absolute Gasteiger partial charge is 0.372 e. The number of carbonyl (C=O) groups excluding carboxylic acids is 2. The molecular weight excluding hydrogens is 242 g/mol. The molecule has 1 aromatic carbocycles. The van der Waals surface area contributed by atoms with Crippen LogP contribution in [0.1, 0.15) is 13.8 Å². The molecule has 5 nitrogen and oxygen atoms in total. The Bertz CT molecular complexity index is 499. The molecule has 0 radical (unpaired) electrons. The Morgan fingerprint density at radius 1 is 1.42 bits per heavy atom. The molecule has 0 spiro atoms. The molecule has 1 atom stereocenters. The highest BCUT2D eigenvalue weighted by atomic mass is 16.2. The summed E-state index contributed by atoms with van der Waals surface area (Å²) in [5, 5.41) is 5.80. The van der Waals surface area contributed by atoms with Crippen LogP contribution in [0.2, 0.25) is 0 Å². The van der Waals surface area contributed by atoms with E-state index in [9.17, 15) is 9.59 Å². The number of amides is 2. The maximum absolute atomic E-state index is 12.5. The SMILES string of the molecule is CNC(=O)CN1C(=O)C(C(C)C)Nc2ccccc21. The molecule has 102 valence electrons. The summed E-state index contributed by atoms with van der Waals surface area (Å²) in [5.74, 6) is -0.0714. The maximum atomic E-state index is 12.5. The normalized spacial score (nSPS) is 18.0. The van der Waals surface area contributed by atoms with Gasteiger partial charge in [-0.05, 0) is 18.1 Å². The van der Waals surface area contributed by atoms with Crippen LogP contribution in [0.25, 0.3) is 0 Å². The number of nitrogens with one attached hydrogen (secondary N) is 2. The average molecular weight is 261 g/mol. The summed E-state index contributed by atoms with van der Waals surface area (Å²) in [6, 6.07) is 7.25. The number of hydrogen-bond donors (Lipinski definition) is 2. The molecule has 1 aliphatic heterocycles. The van der Waals surface area contributed by atoms with E-state index in [2.05, 4.69) is 10.6 Å². The van der Waals surface area contributed by atoms with Gasteiger partial charge < -0.3 is 10.6 Å². The summed E-state index contributed by atoms with van der Waals surface area (Å²) in [6.07, 6.45) is 0. The Labute approximate surface area is 113 Å². The van der Waals surface area contributed by atoms with Crippen LogP contribution in [0.3, 0.4) is 0 Å². The van der Waals surface area contributed by atoms with Crippen molar-refractivity contribution >= 4 is 23.2 Å². The number of carbonyl (C=O) groups is 2. The van der Waals surface area contributed by atoms with E-state index in [4.69, 9.17) is 0 Å². The molecule has 0 saturated heterocycles. The Balaban J connectivity index is 2.38. The third kappa shape index (κ3) is 2.54. The fourth-order valence-electron chi connectivity index (χ4n) is 2.18. The third-order valence-corrected chi connectivity index (χ3v) is 3.29. The van der Waals surface area contributed by atoms with E-state index in [0.717, 1.165) is 11.4 Å². The van der Waals surface area contributed by atoms with Gasteiger partial charge >= 0.3 is 0 Å². The lowest BCUT2D eigenvalue weighted by Gasteiger charge is -2.36. The van der Waals surface area contributed by atoms with Crippen molar-refractivity contribution in [3.63, 3.8) is 0 Å². The van der Waals surface area contributed by atoms with Gasteiger partial charge in [0, 0.05) is 7.05 Å². The van der Waals surface area contributed by atoms with Crippen LogP contribution in [0.4, 0.5) is 11.4 Å². The van der Waals surface area contributed by atoms with Crippen LogP contribution in [-0.2, 0) is 9.59 Å². The van der Waals surface area contributed by atoms with E-state index >= 15 is 0 Å². The van der Waals surface area contributed by atoms with Crippen LogP contribution in [-0.4, -0.2) is 31.4 Å². The Morgan fingerprint density at radius 2 is 2.11 bits per heavy atom. The van der Waals surface area contributed by atoms with E-state index in [1.807, 2.05) is 38.1 Å². The van der Waals surface area contributed by atoms with E-state index in [1.54, 1.807) is 11.9 Å². The molecule has 1 aromatic rings. The minimum Gasteiger partial charge on any atom is -0.372 e. The highest BCUT2D eigenvalue weighted by molar-refractivity contribution is 6.07. The second kappa shape index (κ2) is 5.30. The summed E-state index contributed by atoms with van der Waals surface area (Å²) < 4.78 is 0. The molecule has 1 aliphatic rings. The smallest absolute Gasteiger partial charge is 0.250 e. The molecule has 19 heavy (non-hydrogen) atoms. The van der Waals surface area contributed by atoms with Crippen LogP contribution in [0.15, 0.2) is 24.3 Å². The van der Waals surface area contributed by atoms with Crippen LogP contribution in [0.5, 0.6) is 0 Å². The van der Waals surface area contributed by atoms with Gasteiger partial charge in [-0.1, -0.05) is 26.0 Å². The predicted molar refractivity (Wildman–Crippen MR) is 75.1 cm³/mol. The van der Waals surface area contributed by atoms with Gasteiger partial charge in [-0.15, -0.1) is 0 Å². The summed E-state index contributed by atoms with van der Waals surface area (Å²) in [7, 11) is 1.57. The molecule has 0 aliphatic carbocycles. The average Bonchev–Trinajstić information content (AvgIpc) is 2.41. The monoisotopic (exact) mass is 261 g/mol. The summed E-state index contributed by atoms with van der Waals surface area (Å²) in [5.41, 5.74) is 1.65. The topological polar surface area (TPSA) is 61.4 Å². The number of para-hydroxylation sites is 2. The van der Waals surface area contributed by atoms with Crippen LogP contribution in [0, 0.1) is 5.92 Å². The van der Waals surface area contributed by atoms with Crippen molar-refractivity contribution in [2.24, 2.45) is 5.92 Å². The van der Waals surface area contributed by atoms with Gasteiger partial charge in [0.2, 0.25) is 11.8 Å². The first-order chi connectivity index (χ1) is 9.04. The zero-order valence-electron chi connectivity index (χ0n) is 11.4. The first-order valence-corrected chi connectivity index (χ1v) is 6.42. The maximum Gasteiger partial charge on any atom is 0.250 e. The molecule has 0 fully saturated rings. The Kier molecular flexibility index (Phi) is 3.74. The van der Waals surface area contributed by atoms with Gasteiger partial charge in [-0.2, -0.15) is 0 Å². The quantitative estimate of drug-likeness (QED) is 0.860. The number of likely N-dealkylation sites (N-methyl/N-ethyl adjacent to an activating group) is 1. The van der Waals surface area contributed by atoms with Crippen molar-refractivity contribution in [1.29, 1.82) is 0 Å². The lowest BCUT2D eigenvalue weighted by Crippen LogP contribution is -2.52. The van der Waals surface area contributed by atoms with Crippen molar-refractivity contribution in [2.45, 2.75) is 19.9 Å². The van der Waals surface area contributed by atoms with Crippen molar-refractivity contribution in [2.75, 3.05) is 23.8 Å². The van der Waals surface area contributed by atoms with Crippen molar-refractivity contribution in [3.8, 4) is 0 Å². The number of rotatable bonds is 3. The van der Waals surface area contributed by atoms with Gasteiger partial charge in [-0.25, -0.2) is 0 Å². The summed E-state index contributed by atoms with van der Waals surface area (Å²) in [6.45, 7) is 4.03. The lowest BCUT2D eigenvalue weighted by molar-refractivity contribution is -0.124. The van der Waals surface area contributed by atoms with E-state index in [-0.39, 0.29) is 30.3 Å². The van der Waals surface area contributed by atoms with Crippen molar-refractivity contribution in [3.05, 3.63) is 24.3 Å². The second-order valence-electron chi connectivity index (χ2n) is 4.98. The molecule has 2 N–H and O–H groups in total. The standard InChI is InChI=1S/C14H19N3O2/c1-9(2)13-14(19)17(8-12(18)15-3)11-7-5-4-6-10(11)16-13/h4-7,9,13,16H,8H2,1-3H3,(H,15,18). The molecule has 5 heteroatoms. The van der Waals surface area contributed by atoms with Crippen LogP contribution >= 0.6 is 0 Å². The van der Waals surface area contributed by atoms with Gasteiger partial charge in [0.1, 0.15) is 12.6 Å². The highest BCUT2D eigenvalue weighted by Gasteiger charge is 2.34. The van der Waals surface area contributed by atoms with Gasteiger partial charge in [0.05, 0.1) is 11.4 Å². The molecule has 2 rings (SSSR count). The molecule has 1 unspecified atom stereocenters.